The van der Waals surface area contributed by atoms with E-state index in [1.165, 1.54) is 0 Å². The van der Waals surface area contributed by atoms with Gasteiger partial charge in [0.25, 0.3) is 0 Å². The Labute approximate surface area is 138 Å². The number of hydrogen-bond acceptors (Lipinski definition) is 5. The van der Waals surface area contributed by atoms with E-state index in [0.717, 1.165) is 12.8 Å². The predicted molar refractivity (Wildman–Crippen MR) is 86.8 cm³/mol. The second kappa shape index (κ2) is 10.6. The van der Waals surface area contributed by atoms with Crippen molar-refractivity contribution in [2.45, 2.75) is 64.3 Å². The van der Waals surface area contributed by atoms with E-state index in [0.29, 0.717) is 25.0 Å². The second-order valence-corrected chi connectivity index (χ2v) is 5.13. The van der Waals surface area contributed by atoms with Gasteiger partial charge < -0.3 is 20.5 Å². The van der Waals surface area contributed by atoms with Gasteiger partial charge in [-0.2, -0.15) is 0 Å². The van der Waals surface area contributed by atoms with Gasteiger partial charge in [0.2, 0.25) is 6.41 Å². The molecule has 0 saturated carbocycles. The fraction of sp³-hybridized carbons (Fsp3) is 0.733. The topological polar surface area (TPSA) is 90.6 Å². The molecule has 1 aliphatic rings. The molecule has 0 aliphatic heterocycles. The Morgan fingerprint density at radius 3 is 2.59 bits per heavy atom. The Hall–Kier alpha value is -1.11. The molecular weight excluding hydrogens is 308 g/mol. The molecule has 22 heavy (non-hydrogen) atoms. The van der Waals surface area contributed by atoms with Gasteiger partial charge >= 0.3 is 5.97 Å². The van der Waals surface area contributed by atoms with Crippen molar-refractivity contribution < 1.29 is 19.1 Å². The van der Waals surface area contributed by atoms with Crippen molar-refractivity contribution >= 4 is 24.8 Å². The molecule has 0 unspecified atom stereocenters. The van der Waals surface area contributed by atoms with Crippen LogP contribution in [0.5, 0.6) is 0 Å². The number of esters is 1. The normalized spacial score (nSPS) is 24.2. The van der Waals surface area contributed by atoms with E-state index in [1.54, 1.807) is 13.0 Å². The lowest BCUT2D eigenvalue weighted by Crippen LogP contribution is -2.55. The van der Waals surface area contributed by atoms with Crippen molar-refractivity contribution in [1.29, 1.82) is 0 Å². The summed E-state index contributed by atoms with van der Waals surface area (Å²) in [5.74, 6) is -0.365. The number of amides is 1. The first-order chi connectivity index (χ1) is 10.1. The van der Waals surface area contributed by atoms with Crippen LogP contribution < -0.4 is 11.1 Å². The minimum Gasteiger partial charge on any atom is -0.463 e. The summed E-state index contributed by atoms with van der Waals surface area (Å²) in [5, 5.41) is 2.70. The Morgan fingerprint density at radius 2 is 2.09 bits per heavy atom. The third kappa shape index (κ3) is 5.59. The van der Waals surface area contributed by atoms with Crippen LogP contribution in [0.25, 0.3) is 0 Å². The minimum absolute atomic E-state index is 0. The monoisotopic (exact) mass is 334 g/mol. The minimum atomic E-state index is -0.414. The lowest BCUT2D eigenvalue weighted by Gasteiger charge is -2.35. The molecule has 0 bridgehead atoms. The molecule has 1 aliphatic carbocycles. The first-order valence-electron chi connectivity index (χ1n) is 7.55. The third-order valence-corrected chi connectivity index (χ3v) is 3.69. The first-order valence-corrected chi connectivity index (χ1v) is 7.55. The first kappa shape index (κ1) is 20.9. The third-order valence-electron chi connectivity index (χ3n) is 3.69. The smallest absolute Gasteiger partial charge is 0.333 e. The Morgan fingerprint density at radius 1 is 1.45 bits per heavy atom. The lowest BCUT2D eigenvalue weighted by atomic mass is 9.88. The van der Waals surface area contributed by atoms with Crippen LogP contribution in [0.3, 0.4) is 0 Å². The van der Waals surface area contributed by atoms with Gasteiger partial charge in [0.05, 0.1) is 24.9 Å². The maximum absolute atomic E-state index is 11.9. The van der Waals surface area contributed by atoms with Crippen molar-refractivity contribution in [2.24, 2.45) is 5.73 Å². The van der Waals surface area contributed by atoms with Gasteiger partial charge in [-0.3, -0.25) is 4.79 Å². The molecular formula is C15H27ClN2O4. The molecule has 0 saturated heterocycles. The largest absolute Gasteiger partial charge is 0.463 e. The number of nitrogens with two attached hydrogens (primary N) is 1. The highest BCUT2D eigenvalue weighted by Gasteiger charge is 2.35. The number of carbonyl (C=O) groups is 2. The molecule has 0 aromatic heterocycles. The van der Waals surface area contributed by atoms with E-state index in [9.17, 15) is 9.59 Å². The van der Waals surface area contributed by atoms with Gasteiger partial charge in [0.1, 0.15) is 0 Å². The maximum Gasteiger partial charge on any atom is 0.333 e. The van der Waals surface area contributed by atoms with Crippen LogP contribution in [0.1, 0.15) is 40.0 Å². The Kier molecular flexibility index (Phi) is 10.1. The molecule has 0 heterocycles. The molecule has 0 spiro atoms. The van der Waals surface area contributed by atoms with Crippen LogP contribution >= 0.6 is 12.4 Å². The Bertz CT molecular complexity index is 386. The molecule has 0 radical (unpaired) electrons. The van der Waals surface area contributed by atoms with E-state index >= 15 is 0 Å². The molecule has 6 nitrogen and oxygen atoms in total. The van der Waals surface area contributed by atoms with Crippen molar-refractivity contribution in [3.8, 4) is 0 Å². The summed E-state index contributed by atoms with van der Waals surface area (Å²) in [5.41, 5.74) is 6.61. The van der Waals surface area contributed by atoms with E-state index in [4.69, 9.17) is 15.2 Å². The highest BCUT2D eigenvalue weighted by Crippen LogP contribution is 2.23. The number of ether oxygens (including phenoxy) is 2. The molecule has 128 valence electrons. The molecule has 0 aromatic rings. The van der Waals surface area contributed by atoms with Crippen LogP contribution in [0.2, 0.25) is 0 Å². The fourth-order valence-electron chi connectivity index (χ4n) is 2.49. The zero-order valence-corrected chi connectivity index (χ0v) is 14.2. The molecule has 1 amide bonds. The highest BCUT2D eigenvalue weighted by atomic mass is 35.5. The number of rotatable bonds is 8. The zero-order chi connectivity index (χ0) is 15.8. The van der Waals surface area contributed by atoms with Crippen molar-refractivity contribution in [3.63, 3.8) is 0 Å². The second-order valence-electron chi connectivity index (χ2n) is 5.13. The van der Waals surface area contributed by atoms with Crippen molar-refractivity contribution in [2.75, 3.05) is 6.61 Å². The molecule has 0 fully saturated rings. The summed E-state index contributed by atoms with van der Waals surface area (Å²) >= 11 is 0. The van der Waals surface area contributed by atoms with Crippen LogP contribution in [0.4, 0.5) is 0 Å². The maximum atomic E-state index is 11.9. The van der Waals surface area contributed by atoms with E-state index in [2.05, 4.69) is 5.32 Å². The van der Waals surface area contributed by atoms with Crippen molar-refractivity contribution in [3.05, 3.63) is 11.6 Å². The fourth-order valence-corrected chi connectivity index (χ4v) is 2.49. The quantitative estimate of drug-likeness (QED) is 0.516. The number of nitrogens with one attached hydrogen (secondary N) is 1. The van der Waals surface area contributed by atoms with Crippen LogP contribution in [-0.4, -0.2) is 43.3 Å². The van der Waals surface area contributed by atoms with Crippen LogP contribution in [-0.2, 0) is 19.1 Å². The van der Waals surface area contributed by atoms with Crippen LogP contribution in [0, 0.1) is 0 Å². The van der Waals surface area contributed by atoms with E-state index < -0.39 is 6.10 Å². The molecule has 3 atom stereocenters. The van der Waals surface area contributed by atoms with Gasteiger partial charge in [0, 0.05) is 11.6 Å². The predicted octanol–water partition coefficient (Wildman–Crippen LogP) is 1.32. The highest BCUT2D eigenvalue weighted by molar-refractivity contribution is 5.89. The lowest BCUT2D eigenvalue weighted by molar-refractivity contribution is -0.139. The molecule has 1 rings (SSSR count). The summed E-state index contributed by atoms with van der Waals surface area (Å²) in [6, 6.07) is -0.708. The standard InChI is InChI=1S/C15H26N2O4.ClH/c1-4-11(5-2)21-13-8-10(15(19)20-6-3)7-12(16)14(13)17-9-18;/h8-9,11-14H,4-7,16H2,1-3H3,(H,17,18);1H/t12-,13+,14+;/m0./s1. The van der Waals surface area contributed by atoms with Gasteiger partial charge in [-0.25, -0.2) is 4.79 Å². The number of halogens is 1. The average Bonchev–Trinajstić information content (AvgIpc) is 2.47. The van der Waals surface area contributed by atoms with Gasteiger partial charge in [-0.1, -0.05) is 13.8 Å². The summed E-state index contributed by atoms with van der Waals surface area (Å²) < 4.78 is 11.0. The van der Waals surface area contributed by atoms with E-state index in [1.807, 2.05) is 13.8 Å². The SMILES string of the molecule is CCOC(=O)C1=C[C@@H](OC(CC)CC)[C@H](NC=O)[C@@H](N)C1.Cl. The molecule has 0 aromatic carbocycles. The van der Waals surface area contributed by atoms with Crippen molar-refractivity contribution in [1.82, 2.24) is 5.32 Å². The summed E-state index contributed by atoms with van der Waals surface area (Å²) in [6.07, 6.45) is 4.10. The van der Waals surface area contributed by atoms with Gasteiger partial charge in [0.15, 0.2) is 0 Å². The summed E-state index contributed by atoms with van der Waals surface area (Å²) in [7, 11) is 0. The number of carbonyl (C=O) groups excluding carboxylic acids is 2. The summed E-state index contributed by atoms with van der Waals surface area (Å²) in [4.78, 5) is 22.7. The van der Waals surface area contributed by atoms with Gasteiger partial charge in [-0.05, 0) is 32.3 Å². The van der Waals surface area contributed by atoms with Crippen LogP contribution in [0.15, 0.2) is 11.6 Å². The summed E-state index contributed by atoms with van der Waals surface area (Å²) in [6.45, 7) is 6.15. The Balaban J connectivity index is 0.00000441. The van der Waals surface area contributed by atoms with Gasteiger partial charge in [-0.15, -0.1) is 12.4 Å². The zero-order valence-electron chi connectivity index (χ0n) is 13.4. The average molecular weight is 335 g/mol. The molecule has 7 heteroatoms. The molecule has 3 N–H and O–H groups in total. The number of hydrogen-bond donors (Lipinski definition) is 2. The van der Waals surface area contributed by atoms with E-state index in [-0.39, 0.29) is 36.6 Å².